The summed E-state index contributed by atoms with van der Waals surface area (Å²) in [5, 5.41) is 1.09. The van der Waals surface area contributed by atoms with Crippen molar-refractivity contribution in [2.45, 2.75) is 27.2 Å². The van der Waals surface area contributed by atoms with E-state index in [2.05, 4.69) is 50.7 Å². The highest BCUT2D eigenvalue weighted by molar-refractivity contribution is 6.01. The van der Waals surface area contributed by atoms with Crippen LogP contribution in [0.5, 0.6) is 11.5 Å². The molecule has 0 bridgehead atoms. The Morgan fingerprint density at radius 1 is 1.18 bits per heavy atom. The van der Waals surface area contributed by atoms with Crippen molar-refractivity contribution in [3.8, 4) is 22.8 Å². The normalized spacial score (nSPS) is 12.6. The van der Waals surface area contributed by atoms with E-state index in [9.17, 15) is 0 Å². The van der Waals surface area contributed by atoms with Gasteiger partial charge in [0.25, 0.3) is 5.69 Å². The van der Waals surface area contributed by atoms with Crippen molar-refractivity contribution in [2.75, 3.05) is 0 Å². The first kappa shape index (κ1) is 13.4. The van der Waals surface area contributed by atoms with Gasteiger partial charge < -0.3 is 9.15 Å². The summed E-state index contributed by atoms with van der Waals surface area (Å²) >= 11 is 0. The van der Waals surface area contributed by atoms with E-state index in [4.69, 9.17) is 9.15 Å². The van der Waals surface area contributed by atoms with Crippen LogP contribution in [0.15, 0.2) is 35.1 Å². The topological polar surface area (TPSA) is 26.2 Å². The fourth-order valence-corrected chi connectivity index (χ4v) is 3.37. The van der Waals surface area contributed by atoms with E-state index in [1.54, 1.807) is 6.26 Å². The number of rotatable bonds is 2. The first-order valence-electron chi connectivity index (χ1n) is 7.76. The van der Waals surface area contributed by atoms with E-state index in [1.165, 1.54) is 16.7 Å². The van der Waals surface area contributed by atoms with Gasteiger partial charge in [0, 0.05) is 11.6 Å². The Bertz CT molecular complexity index is 890. The van der Waals surface area contributed by atoms with Crippen LogP contribution in [0.3, 0.4) is 0 Å². The molecule has 0 saturated heterocycles. The van der Waals surface area contributed by atoms with Crippen LogP contribution in [-0.2, 0) is 13.5 Å². The Hall–Kier alpha value is -2.29. The summed E-state index contributed by atoms with van der Waals surface area (Å²) in [7, 11) is 2.07. The van der Waals surface area contributed by atoms with Gasteiger partial charge in [-0.3, -0.25) is 0 Å². The Kier molecular flexibility index (Phi) is 2.80. The summed E-state index contributed by atoms with van der Waals surface area (Å²) in [5.41, 5.74) is 5.77. The second-order valence-electron chi connectivity index (χ2n) is 6.56. The van der Waals surface area contributed by atoms with Crippen molar-refractivity contribution < 1.29 is 13.7 Å². The summed E-state index contributed by atoms with van der Waals surface area (Å²) in [6, 6.07) is 6.30. The van der Waals surface area contributed by atoms with Crippen LogP contribution < -0.4 is 9.30 Å². The minimum absolute atomic E-state index is 0.586. The monoisotopic (exact) mass is 294 g/mol. The summed E-state index contributed by atoms with van der Waals surface area (Å²) in [5.74, 6) is 2.39. The third-order valence-corrected chi connectivity index (χ3v) is 4.35. The van der Waals surface area contributed by atoms with Gasteiger partial charge in [-0.05, 0) is 30.9 Å². The van der Waals surface area contributed by atoms with E-state index in [1.807, 2.05) is 6.07 Å². The molecule has 3 aromatic rings. The van der Waals surface area contributed by atoms with Crippen LogP contribution >= 0.6 is 0 Å². The van der Waals surface area contributed by atoms with Gasteiger partial charge in [0.1, 0.15) is 18.9 Å². The zero-order valence-electron chi connectivity index (χ0n) is 13.4. The van der Waals surface area contributed by atoms with Crippen LogP contribution in [-0.4, -0.2) is 0 Å². The Labute approximate surface area is 130 Å². The lowest BCUT2D eigenvalue weighted by Crippen LogP contribution is -2.32. The van der Waals surface area contributed by atoms with Gasteiger partial charge in [-0.1, -0.05) is 19.9 Å². The predicted octanol–water partition coefficient (Wildman–Crippen LogP) is 4.54. The fraction of sp³-hybridized carbons (Fsp3) is 0.316. The number of hydrogen-bond donors (Lipinski definition) is 0. The second-order valence-corrected chi connectivity index (χ2v) is 6.56. The number of aryl methyl sites for hydroxylation is 2. The van der Waals surface area contributed by atoms with Gasteiger partial charge in [-0.15, -0.1) is 0 Å². The fourth-order valence-electron chi connectivity index (χ4n) is 3.37. The number of ether oxygens (including phenoxy) is 1. The van der Waals surface area contributed by atoms with Crippen molar-refractivity contribution in [2.24, 2.45) is 13.0 Å². The smallest absolute Gasteiger partial charge is 0.256 e. The molecular weight excluding hydrogens is 274 g/mol. The number of pyridine rings is 1. The molecule has 0 amide bonds. The van der Waals surface area contributed by atoms with E-state index < -0.39 is 0 Å². The van der Waals surface area contributed by atoms with Crippen LogP contribution in [0.4, 0.5) is 0 Å². The minimum Gasteiger partial charge on any atom is -0.460 e. The lowest BCUT2D eigenvalue weighted by molar-refractivity contribution is -0.660. The SMILES string of the molecule is Cc1ccc2occ3c2c1-c1c(c(CC(C)C)cc[n+]1C)O3. The van der Waals surface area contributed by atoms with Crippen LogP contribution in [0, 0.1) is 12.8 Å². The molecule has 0 radical (unpaired) electrons. The van der Waals surface area contributed by atoms with Crippen LogP contribution in [0.25, 0.3) is 22.2 Å². The maximum atomic E-state index is 6.24. The van der Waals surface area contributed by atoms with Gasteiger partial charge in [-0.2, -0.15) is 4.57 Å². The van der Waals surface area contributed by atoms with Crippen LogP contribution in [0.2, 0.25) is 0 Å². The molecule has 0 unspecified atom stereocenters. The third-order valence-electron chi connectivity index (χ3n) is 4.35. The van der Waals surface area contributed by atoms with E-state index in [-0.39, 0.29) is 0 Å². The quantitative estimate of drug-likeness (QED) is 0.507. The van der Waals surface area contributed by atoms with Gasteiger partial charge in [0.15, 0.2) is 11.9 Å². The van der Waals surface area contributed by atoms with Gasteiger partial charge >= 0.3 is 0 Å². The van der Waals surface area contributed by atoms with E-state index >= 15 is 0 Å². The average molecular weight is 294 g/mol. The Balaban J connectivity index is 2.08. The number of nitrogens with zero attached hydrogens (tertiary/aromatic N) is 1. The molecule has 0 spiro atoms. The molecule has 3 heteroatoms. The number of hydrogen-bond acceptors (Lipinski definition) is 2. The van der Waals surface area contributed by atoms with Crippen molar-refractivity contribution in [1.82, 2.24) is 0 Å². The number of fused-ring (bicyclic) bond motifs is 2. The lowest BCUT2D eigenvalue weighted by atomic mass is 9.94. The molecule has 0 saturated carbocycles. The number of aromatic nitrogens is 1. The molecule has 1 aromatic carbocycles. The minimum atomic E-state index is 0.586. The average Bonchev–Trinajstić information content (AvgIpc) is 2.88. The largest absolute Gasteiger partial charge is 0.460 e. The third kappa shape index (κ3) is 1.78. The first-order chi connectivity index (χ1) is 10.6. The van der Waals surface area contributed by atoms with Crippen LogP contribution in [0.1, 0.15) is 25.0 Å². The molecule has 4 rings (SSSR count). The van der Waals surface area contributed by atoms with Gasteiger partial charge in [0.05, 0.1) is 10.9 Å². The highest BCUT2D eigenvalue weighted by Gasteiger charge is 2.32. The first-order valence-corrected chi connectivity index (χ1v) is 7.76. The molecule has 3 heterocycles. The summed E-state index contributed by atoms with van der Waals surface area (Å²) in [6.45, 7) is 6.62. The standard InChI is InChI=1S/C19H20NO2/c1-11(2)9-13-7-8-20(4)18-16-12(3)5-6-14-17(16)15(10-21-14)22-19(13)18/h5-8,10-11H,9H2,1-4H3/q+1. The number of benzene rings is 1. The molecular formula is C19H20NO2+. The summed E-state index contributed by atoms with van der Waals surface area (Å²) < 4.78 is 14.1. The molecule has 22 heavy (non-hydrogen) atoms. The van der Waals surface area contributed by atoms with Crippen molar-refractivity contribution >= 4 is 11.0 Å². The highest BCUT2D eigenvalue weighted by Crippen LogP contribution is 2.48. The molecule has 1 aliphatic heterocycles. The van der Waals surface area contributed by atoms with Crippen molar-refractivity contribution in [1.29, 1.82) is 0 Å². The van der Waals surface area contributed by atoms with Gasteiger partial charge in [-0.25, -0.2) is 0 Å². The van der Waals surface area contributed by atoms with Crippen molar-refractivity contribution in [3.05, 3.63) is 41.8 Å². The molecule has 0 atom stereocenters. The molecule has 0 aliphatic carbocycles. The molecule has 3 nitrogen and oxygen atoms in total. The highest BCUT2D eigenvalue weighted by atomic mass is 16.5. The van der Waals surface area contributed by atoms with E-state index in [0.717, 1.165) is 34.6 Å². The zero-order valence-corrected chi connectivity index (χ0v) is 13.4. The molecule has 2 aromatic heterocycles. The maximum absolute atomic E-state index is 6.24. The zero-order chi connectivity index (χ0) is 15.4. The summed E-state index contributed by atoms with van der Waals surface area (Å²) in [6.07, 6.45) is 4.86. The lowest BCUT2D eigenvalue weighted by Gasteiger charge is -2.19. The Morgan fingerprint density at radius 2 is 2.00 bits per heavy atom. The molecule has 0 N–H and O–H groups in total. The number of furan rings is 1. The maximum Gasteiger partial charge on any atom is 0.256 e. The van der Waals surface area contributed by atoms with Gasteiger partial charge in [0.2, 0.25) is 5.75 Å². The molecule has 0 fully saturated rings. The van der Waals surface area contributed by atoms with E-state index in [0.29, 0.717) is 5.92 Å². The molecule has 1 aliphatic rings. The second kappa shape index (κ2) is 4.60. The Morgan fingerprint density at radius 3 is 2.77 bits per heavy atom. The summed E-state index contributed by atoms with van der Waals surface area (Å²) in [4.78, 5) is 0. The predicted molar refractivity (Wildman–Crippen MR) is 86.2 cm³/mol. The molecule has 112 valence electrons. The van der Waals surface area contributed by atoms with Crippen molar-refractivity contribution in [3.63, 3.8) is 0 Å².